The van der Waals surface area contributed by atoms with E-state index in [1.165, 1.54) is 66.7 Å². The van der Waals surface area contributed by atoms with Crippen LogP contribution in [-0.2, 0) is 10.8 Å². The number of rotatable bonds is 3. The summed E-state index contributed by atoms with van der Waals surface area (Å²) in [5.74, 6) is 0. The van der Waals surface area contributed by atoms with Crippen molar-refractivity contribution in [2.75, 3.05) is 4.90 Å². The predicted molar refractivity (Wildman–Crippen MR) is 181 cm³/mol. The molecule has 0 aliphatic heterocycles. The van der Waals surface area contributed by atoms with Gasteiger partial charge in [-0.25, -0.2) is 0 Å². The van der Waals surface area contributed by atoms with Crippen LogP contribution in [-0.4, -0.2) is 0 Å². The Balaban J connectivity index is 1.42. The van der Waals surface area contributed by atoms with Crippen LogP contribution in [0, 0.1) is 0 Å². The van der Waals surface area contributed by atoms with Gasteiger partial charge in [0.05, 0.1) is 5.69 Å². The lowest BCUT2D eigenvalue weighted by Crippen LogP contribution is -2.21. The van der Waals surface area contributed by atoms with E-state index in [1.807, 2.05) is 0 Å². The summed E-state index contributed by atoms with van der Waals surface area (Å²) < 4.78 is 1.09. The van der Waals surface area contributed by atoms with Gasteiger partial charge >= 0.3 is 0 Å². The Bertz CT molecular complexity index is 2070. The lowest BCUT2D eigenvalue weighted by molar-refractivity contribution is 0.658. The molecular formula is C40H32BrN. The first-order valence-electron chi connectivity index (χ1n) is 14.7. The van der Waals surface area contributed by atoms with Crippen LogP contribution in [0.5, 0.6) is 0 Å². The van der Waals surface area contributed by atoms with Crippen LogP contribution < -0.4 is 4.90 Å². The summed E-state index contributed by atoms with van der Waals surface area (Å²) in [6.07, 6.45) is 0. The van der Waals surface area contributed by atoms with Gasteiger partial charge in [0.15, 0.2) is 0 Å². The van der Waals surface area contributed by atoms with Crippen molar-refractivity contribution >= 4 is 43.8 Å². The van der Waals surface area contributed by atoms with Gasteiger partial charge in [-0.3, -0.25) is 0 Å². The quantitative estimate of drug-likeness (QED) is 0.194. The molecule has 42 heavy (non-hydrogen) atoms. The van der Waals surface area contributed by atoms with Crippen LogP contribution in [0.25, 0.3) is 33.0 Å². The molecule has 0 spiro atoms. The highest BCUT2D eigenvalue weighted by atomic mass is 79.9. The van der Waals surface area contributed by atoms with Crippen molar-refractivity contribution in [3.63, 3.8) is 0 Å². The van der Waals surface area contributed by atoms with Crippen molar-refractivity contribution in [3.05, 3.63) is 148 Å². The van der Waals surface area contributed by atoms with E-state index in [1.54, 1.807) is 0 Å². The summed E-state index contributed by atoms with van der Waals surface area (Å²) in [5.41, 5.74) is 14.2. The van der Waals surface area contributed by atoms with Crippen molar-refractivity contribution in [1.82, 2.24) is 0 Å². The van der Waals surface area contributed by atoms with Crippen LogP contribution >= 0.6 is 15.9 Å². The smallest absolute Gasteiger partial charge is 0.0519 e. The third kappa shape index (κ3) is 3.55. The summed E-state index contributed by atoms with van der Waals surface area (Å²) >= 11 is 3.92. The molecule has 1 nitrogen and oxygen atoms in total. The molecule has 0 radical (unpaired) electrons. The minimum atomic E-state index is -0.150. The van der Waals surface area contributed by atoms with Crippen LogP contribution in [0.15, 0.2) is 126 Å². The molecule has 0 fully saturated rings. The maximum atomic E-state index is 3.92. The van der Waals surface area contributed by atoms with E-state index in [-0.39, 0.29) is 10.8 Å². The van der Waals surface area contributed by atoms with Crippen molar-refractivity contribution in [1.29, 1.82) is 0 Å². The molecule has 0 N–H and O–H groups in total. The van der Waals surface area contributed by atoms with Crippen LogP contribution in [0.1, 0.15) is 49.9 Å². The number of hydrogen-bond donors (Lipinski definition) is 0. The third-order valence-electron chi connectivity index (χ3n) is 9.66. The van der Waals surface area contributed by atoms with Gasteiger partial charge in [-0.1, -0.05) is 129 Å². The Morgan fingerprint density at radius 2 is 1.05 bits per heavy atom. The van der Waals surface area contributed by atoms with Crippen molar-refractivity contribution in [3.8, 4) is 22.3 Å². The van der Waals surface area contributed by atoms with Gasteiger partial charge in [0.2, 0.25) is 0 Å². The number of halogens is 1. The van der Waals surface area contributed by atoms with Crippen LogP contribution in [0.4, 0.5) is 17.1 Å². The molecule has 0 bridgehead atoms. The minimum Gasteiger partial charge on any atom is -0.310 e. The summed E-state index contributed by atoms with van der Waals surface area (Å²) in [6.45, 7) is 9.46. The molecule has 0 unspecified atom stereocenters. The van der Waals surface area contributed by atoms with Gasteiger partial charge in [0, 0.05) is 26.7 Å². The molecule has 2 aliphatic rings. The molecular weight excluding hydrogens is 574 g/mol. The molecule has 0 saturated heterocycles. The van der Waals surface area contributed by atoms with Gasteiger partial charge in [-0.15, -0.1) is 0 Å². The monoisotopic (exact) mass is 605 g/mol. The number of anilines is 3. The van der Waals surface area contributed by atoms with Crippen LogP contribution in [0.2, 0.25) is 0 Å². The summed E-state index contributed by atoms with van der Waals surface area (Å²) in [4.78, 5) is 2.49. The Hall–Kier alpha value is -4.14. The molecule has 0 amide bonds. The fourth-order valence-electron chi connectivity index (χ4n) is 7.61. The second-order valence-corrected chi connectivity index (χ2v) is 13.7. The number of hydrogen-bond acceptors (Lipinski definition) is 1. The fraction of sp³-hybridized carbons (Fsp3) is 0.150. The van der Waals surface area contributed by atoms with E-state index in [9.17, 15) is 0 Å². The van der Waals surface area contributed by atoms with E-state index in [4.69, 9.17) is 0 Å². The van der Waals surface area contributed by atoms with E-state index < -0.39 is 0 Å². The SMILES string of the molecule is CC1(C)c2ccccc2-c2ccc(N(c3ccc4ccccc4c3)c3cc(Br)cc4c3C(C)(C)c3ccccc3-4)cc21. The molecule has 8 rings (SSSR count). The largest absolute Gasteiger partial charge is 0.310 e. The normalized spacial score (nSPS) is 15.2. The molecule has 2 aliphatic carbocycles. The zero-order valence-electron chi connectivity index (χ0n) is 24.4. The first kappa shape index (κ1) is 25.6. The lowest BCUT2D eigenvalue weighted by Gasteiger charge is -2.33. The number of benzene rings is 6. The first-order valence-corrected chi connectivity index (χ1v) is 15.5. The standard InChI is InChI=1S/C40H32BrN/c1-39(2)34-15-9-7-13-30(34)32-20-19-29(24-36(32)39)42(28-18-17-25-11-5-6-12-26(25)21-28)37-23-27(41)22-33-31-14-8-10-16-35(31)40(3,4)38(33)37/h5-24H,1-4H3. The highest BCUT2D eigenvalue weighted by Crippen LogP contribution is 2.56. The second kappa shape index (κ2) is 8.93. The highest BCUT2D eigenvalue weighted by Gasteiger charge is 2.40. The summed E-state index contributed by atoms with van der Waals surface area (Å²) in [5, 5.41) is 2.49. The zero-order valence-corrected chi connectivity index (χ0v) is 26.0. The Labute approximate surface area is 256 Å². The fourth-order valence-corrected chi connectivity index (χ4v) is 8.06. The van der Waals surface area contributed by atoms with Gasteiger partial charge in [0.1, 0.15) is 0 Å². The summed E-state index contributed by atoms with van der Waals surface area (Å²) in [7, 11) is 0. The van der Waals surface area contributed by atoms with E-state index in [0.29, 0.717) is 0 Å². The Morgan fingerprint density at radius 3 is 1.81 bits per heavy atom. The molecule has 0 heterocycles. The van der Waals surface area contributed by atoms with E-state index in [2.05, 4.69) is 170 Å². The Kier molecular flexibility index (Phi) is 5.43. The first-order chi connectivity index (χ1) is 20.2. The average Bonchev–Trinajstić information content (AvgIpc) is 3.37. The van der Waals surface area contributed by atoms with Crippen molar-refractivity contribution in [2.45, 2.75) is 38.5 Å². The zero-order chi connectivity index (χ0) is 28.8. The molecule has 2 heteroatoms. The number of nitrogens with zero attached hydrogens (tertiary/aromatic N) is 1. The highest BCUT2D eigenvalue weighted by molar-refractivity contribution is 9.10. The number of fused-ring (bicyclic) bond motifs is 7. The van der Waals surface area contributed by atoms with Gasteiger partial charge in [-0.2, -0.15) is 0 Å². The lowest BCUT2D eigenvalue weighted by atomic mass is 9.81. The van der Waals surface area contributed by atoms with Crippen LogP contribution in [0.3, 0.4) is 0 Å². The maximum Gasteiger partial charge on any atom is 0.0519 e. The molecule has 0 aromatic heterocycles. The maximum absolute atomic E-state index is 3.92. The van der Waals surface area contributed by atoms with Gasteiger partial charge in [0.25, 0.3) is 0 Å². The minimum absolute atomic E-state index is 0.0777. The second-order valence-electron chi connectivity index (χ2n) is 12.8. The third-order valence-corrected chi connectivity index (χ3v) is 10.1. The molecule has 6 aromatic carbocycles. The molecule has 204 valence electrons. The molecule has 6 aromatic rings. The van der Waals surface area contributed by atoms with Crippen molar-refractivity contribution in [2.24, 2.45) is 0 Å². The topological polar surface area (TPSA) is 3.24 Å². The Morgan fingerprint density at radius 1 is 0.476 bits per heavy atom. The van der Waals surface area contributed by atoms with E-state index >= 15 is 0 Å². The van der Waals surface area contributed by atoms with Gasteiger partial charge in [-0.05, 0) is 91.7 Å². The molecule has 0 saturated carbocycles. The summed E-state index contributed by atoms with van der Waals surface area (Å²) in [6, 6.07) is 45.0. The van der Waals surface area contributed by atoms with Gasteiger partial charge < -0.3 is 4.90 Å². The average molecular weight is 607 g/mol. The predicted octanol–water partition coefficient (Wildman–Crippen LogP) is 11.7. The van der Waals surface area contributed by atoms with E-state index in [0.717, 1.165) is 10.2 Å². The molecule has 0 atom stereocenters. The van der Waals surface area contributed by atoms with Crippen molar-refractivity contribution < 1.29 is 0 Å².